The molecule has 1 aliphatic heterocycles. The van der Waals surface area contributed by atoms with E-state index in [1.165, 1.54) is 32.1 Å². The van der Waals surface area contributed by atoms with E-state index in [1.807, 2.05) is 0 Å². The molecule has 2 saturated carbocycles. The highest BCUT2D eigenvalue weighted by molar-refractivity contribution is 5.74. The summed E-state index contributed by atoms with van der Waals surface area (Å²) in [5, 5.41) is 9.26. The zero-order valence-corrected chi connectivity index (χ0v) is 9.82. The second-order valence-corrected chi connectivity index (χ2v) is 6.09. The zero-order valence-electron chi connectivity index (χ0n) is 9.82. The van der Waals surface area contributed by atoms with Crippen molar-refractivity contribution in [3.8, 4) is 0 Å². The second-order valence-electron chi connectivity index (χ2n) is 6.09. The van der Waals surface area contributed by atoms with E-state index < -0.39 is 5.97 Å². The number of likely N-dealkylation sites (tertiary alicyclic amines) is 1. The predicted molar refractivity (Wildman–Crippen MR) is 61.2 cm³/mol. The predicted octanol–water partition coefficient (Wildman–Crippen LogP) is 2.12. The molecule has 16 heavy (non-hydrogen) atoms. The molecule has 3 rings (SSSR count). The molecular formula is C13H21NO2. The lowest BCUT2D eigenvalue weighted by atomic mass is 9.68. The summed E-state index contributed by atoms with van der Waals surface area (Å²) in [5.74, 6) is -0.133. The van der Waals surface area contributed by atoms with Crippen LogP contribution >= 0.6 is 0 Å². The van der Waals surface area contributed by atoms with Gasteiger partial charge in [-0.15, -0.1) is 0 Å². The van der Waals surface area contributed by atoms with Gasteiger partial charge in [-0.1, -0.05) is 19.3 Å². The third-order valence-electron chi connectivity index (χ3n) is 4.71. The minimum Gasteiger partial charge on any atom is -0.480 e. The lowest BCUT2D eigenvalue weighted by molar-refractivity contribution is -0.152. The summed E-state index contributed by atoms with van der Waals surface area (Å²) >= 11 is 0. The summed E-state index contributed by atoms with van der Waals surface area (Å²) in [6.45, 7) is 2.11. The Morgan fingerprint density at radius 3 is 2.31 bits per heavy atom. The Kier molecular flexibility index (Phi) is 2.46. The Balaban J connectivity index is 1.60. The van der Waals surface area contributed by atoms with Crippen LogP contribution in [0.15, 0.2) is 0 Å². The third-order valence-corrected chi connectivity index (χ3v) is 4.71. The maximum atomic E-state index is 11.2. The lowest BCUT2D eigenvalue weighted by Crippen LogP contribution is -2.62. The minimum atomic E-state index is -0.590. The van der Waals surface area contributed by atoms with Crippen molar-refractivity contribution < 1.29 is 9.90 Å². The zero-order chi connectivity index (χ0) is 11.2. The molecule has 0 amide bonds. The van der Waals surface area contributed by atoms with Crippen molar-refractivity contribution in [2.45, 2.75) is 51.0 Å². The fraction of sp³-hybridized carbons (Fsp3) is 0.923. The number of nitrogens with zero attached hydrogens (tertiary/aromatic N) is 1. The van der Waals surface area contributed by atoms with Gasteiger partial charge in [0.1, 0.15) is 6.04 Å². The van der Waals surface area contributed by atoms with E-state index in [9.17, 15) is 9.90 Å². The van der Waals surface area contributed by atoms with Crippen LogP contribution in [0, 0.1) is 11.3 Å². The first-order chi connectivity index (χ1) is 7.70. The van der Waals surface area contributed by atoms with Gasteiger partial charge >= 0.3 is 5.97 Å². The fourth-order valence-electron chi connectivity index (χ4n) is 3.70. The number of hydrogen-bond acceptors (Lipinski definition) is 2. The van der Waals surface area contributed by atoms with Crippen LogP contribution in [0.1, 0.15) is 44.9 Å². The van der Waals surface area contributed by atoms with Crippen molar-refractivity contribution in [2.24, 2.45) is 11.3 Å². The van der Waals surface area contributed by atoms with Crippen LogP contribution in [0.3, 0.4) is 0 Å². The monoisotopic (exact) mass is 223 g/mol. The van der Waals surface area contributed by atoms with Crippen LogP contribution in [0.4, 0.5) is 0 Å². The molecule has 3 aliphatic rings. The molecule has 1 atom stereocenters. The molecule has 3 fully saturated rings. The molecule has 1 saturated heterocycles. The molecule has 3 heteroatoms. The molecule has 0 aromatic heterocycles. The average molecular weight is 223 g/mol. The van der Waals surface area contributed by atoms with E-state index in [2.05, 4.69) is 4.90 Å². The van der Waals surface area contributed by atoms with Crippen molar-refractivity contribution in [3.05, 3.63) is 0 Å². The molecule has 2 aliphatic carbocycles. The van der Waals surface area contributed by atoms with Crippen LogP contribution in [-0.4, -0.2) is 35.1 Å². The summed E-state index contributed by atoms with van der Waals surface area (Å²) < 4.78 is 0. The molecule has 1 N–H and O–H groups in total. The molecule has 0 aromatic rings. The van der Waals surface area contributed by atoms with Gasteiger partial charge in [-0.3, -0.25) is 9.69 Å². The molecule has 0 aromatic carbocycles. The Labute approximate surface area is 96.8 Å². The van der Waals surface area contributed by atoms with E-state index in [0.717, 1.165) is 25.9 Å². The quantitative estimate of drug-likeness (QED) is 0.796. The van der Waals surface area contributed by atoms with Gasteiger partial charge in [-0.25, -0.2) is 0 Å². The highest BCUT2D eigenvalue weighted by atomic mass is 16.4. The SMILES string of the molecule is O=C(O)C(C1CC1)N1CC2(CCCCC2)C1. The molecule has 1 heterocycles. The smallest absolute Gasteiger partial charge is 0.321 e. The summed E-state index contributed by atoms with van der Waals surface area (Å²) in [7, 11) is 0. The van der Waals surface area contributed by atoms with Gasteiger partial charge < -0.3 is 5.11 Å². The van der Waals surface area contributed by atoms with Crippen LogP contribution in [0.5, 0.6) is 0 Å². The standard InChI is InChI=1S/C13H21NO2/c15-12(16)11(10-4-5-10)14-8-13(9-14)6-2-1-3-7-13/h10-11H,1-9H2,(H,15,16). The largest absolute Gasteiger partial charge is 0.480 e. The van der Waals surface area contributed by atoms with Gasteiger partial charge in [0.2, 0.25) is 0 Å². The first-order valence-corrected chi connectivity index (χ1v) is 6.67. The highest BCUT2D eigenvalue weighted by Crippen LogP contribution is 2.47. The Morgan fingerprint density at radius 1 is 1.19 bits per heavy atom. The van der Waals surface area contributed by atoms with Gasteiger partial charge in [0.15, 0.2) is 0 Å². The Bertz CT molecular complexity index is 284. The summed E-state index contributed by atoms with van der Waals surface area (Å²) in [6, 6.07) is -0.160. The fourth-order valence-corrected chi connectivity index (χ4v) is 3.70. The van der Waals surface area contributed by atoms with Gasteiger partial charge in [0.05, 0.1) is 0 Å². The van der Waals surface area contributed by atoms with Crippen molar-refractivity contribution in [2.75, 3.05) is 13.1 Å². The Hall–Kier alpha value is -0.570. The van der Waals surface area contributed by atoms with Crippen LogP contribution < -0.4 is 0 Å². The first-order valence-electron chi connectivity index (χ1n) is 6.67. The maximum absolute atomic E-state index is 11.2. The van der Waals surface area contributed by atoms with Crippen LogP contribution in [0.2, 0.25) is 0 Å². The highest BCUT2D eigenvalue weighted by Gasteiger charge is 2.51. The van der Waals surface area contributed by atoms with Crippen LogP contribution in [-0.2, 0) is 4.79 Å². The third kappa shape index (κ3) is 1.75. The minimum absolute atomic E-state index is 0.160. The molecule has 0 radical (unpaired) electrons. The van der Waals surface area contributed by atoms with Gasteiger partial charge in [0, 0.05) is 13.1 Å². The van der Waals surface area contributed by atoms with E-state index in [0.29, 0.717) is 11.3 Å². The number of carboxylic acids is 1. The van der Waals surface area contributed by atoms with Gasteiger partial charge in [-0.05, 0) is 37.0 Å². The van der Waals surface area contributed by atoms with Gasteiger partial charge in [-0.2, -0.15) is 0 Å². The number of carboxylic acid groups (broad SMARTS) is 1. The Morgan fingerprint density at radius 2 is 1.81 bits per heavy atom. The van der Waals surface area contributed by atoms with E-state index in [1.54, 1.807) is 0 Å². The molecular weight excluding hydrogens is 202 g/mol. The molecule has 0 bridgehead atoms. The molecule has 1 spiro atoms. The first kappa shape index (κ1) is 10.6. The number of carbonyl (C=O) groups is 1. The second kappa shape index (κ2) is 3.73. The van der Waals surface area contributed by atoms with Crippen molar-refractivity contribution >= 4 is 5.97 Å². The molecule has 3 nitrogen and oxygen atoms in total. The van der Waals surface area contributed by atoms with E-state index in [-0.39, 0.29) is 6.04 Å². The topological polar surface area (TPSA) is 40.5 Å². The van der Waals surface area contributed by atoms with Crippen molar-refractivity contribution in [1.82, 2.24) is 4.90 Å². The average Bonchev–Trinajstić information content (AvgIpc) is 3.01. The summed E-state index contributed by atoms with van der Waals surface area (Å²) in [6.07, 6.45) is 9.01. The number of hydrogen-bond donors (Lipinski definition) is 1. The summed E-state index contributed by atoms with van der Waals surface area (Å²) in [5.41, 5.74) is 0.515. The van der Waals surface area contributed by atoms with E-state index in [4.69, 9.17) is 0 Å². The van der Waals surface area contributed by atoms with Gasteiger partial charge in [0.25, 0.3) is 0 Å². The van der Waals surface area contributed by atoms with E-state index >= 15 is 0 Å². The molecule has 90 valence electrons. The maximum Gasteiger partial charge on any atom is 0.321 e. The van der Waals surface area contributed by atoms with Crippen molar-refractivity contribution in [1.29, 1.82) is 0 Å². The summed E-state index contributed by atoms with van der Waals surface area (Å²) in [4.78, 5) is 13.5. The van der Waals surface area contributed by atoms with Crippen molar-refractivity contribution in [3.63, 3.8) is 0 Å². The molecule has 1 unspecified atom stereocenters. The van der Waals surface area contributed by atoms with Crippen LogP contribution in [0.25, 0.3) is 0 Å². The lowest BCUT2D eigenvalue weighted by Gasteiger charge is -2.54. The normalized spacial score (nSPS) is 31.0. The number of rotatable bonds is 3. The number of aliphatic carboxylic acids is 1.